The number of nitrogens with one attached hydrogen (secondary N) is 3. The molecule has 0 radical (unpaired) electrons. The fourth-order valence-corrected chi connectivity index (χ4v) is 3.16. The van der Waals surface area contributed by atoms with Gasteiger partial charge in [0.25, 0.3) is 0 Å². The van der Waals surface area contributed by atoms with Crippen LogP contribution in [0.3, 0.4) is 0 Å². The fourth-order valence-electron chi connectivity index (χ4n) is 3.16. The predicted octanol–water partition coefficient (Wildman–Crippen LogP) is 1.82. The molecule has 1 aliphatic heterocycles. The van der Waals surface area contributed by atoms with E-state index in [1.54, 1.807) is 0 Å². The smallest absolute Gasteiger partial charge is 0.246 e. The average molecular weight is 462 g/mol. The van der Waals surface area contributed by atoms with Crippen LogP contribution in [0.25, 0.3) is 0 Å². The Bertz CT molecular complexity index is 684. The summed E-state index contributed by atoms with van der Waals surface area (Å²) in [7, 11) is 0. The molecule has 1 aliphatic rings. The first-order valence-electron chi connectivity index (χ1n) is 9.95. The van der Waals surface area contributed by atoms with Crippen LogP contribution in [-0.2, 0) is 14.4 Å². The quantitative estimate of drug-likeness (QED) is 0.423. The van der Waals surface area contributed by atoms with Gasteiger partial charge in [-0.25, -0.2) is 0 Å². The van der Waals surface area contributed by atoms with Crippen molar-refractivity contribution >= 4 is 53.9 Å². The number of hydrogen-bond donors (Lipinski definition) is 4. The van der Waals surface area contributed by atoms with E-state index in [2.05, 4.69) is 20.9 Å². The first-order valence-corrected chi connectivity index (χ1v) is 9.95. The van der Waals surface area contributed by atoms with Crippen LogP contribution in [0, 0.1) is 0 Å². The van der Waals surface area contributed by atoms with E-state index < -0.39 is 17.9 Å². The first kappa shape index (κ1) is 28.0. The maximum Gasteiger partial charge on any atom is 0.246 e. The number of unbranched alkanes of at least 4 members (excludes halogenated alkanes) is 1. The Morgan fingerprint density at radius 2 is 1.83 bits per heavy atom. The van der Waals surface area contributed by atoms with E-state index in [0.29, 0.717) is 12.1 Å². The number of carbonyl (C=O) groups is 3. The van der Waals surface area contributed by atoms with Gasteiger partial charge in [0.2, 0.25) is 17.7 Å². The van der Waals surface area contributed by atoms with Gasteiger partial charge in [-0.3, -0.25) is 14.4 Å². The number of nitrogens with zero attached hydrogens (tertiary/aromatic N) is 1. The van der Waals surface area contributed by atoms with Crippen molar-refractivity contribution < 1.29 is 14.4 Å². The van der Waals surface area contributed by atoms with Crippen molar-refractivity contribution in [1.29, 1.82) is 0 Å². The van der Waals surface area contributed by atoms with E-state index in [1.165, 1.54) is 12.8 Å². The highest BCUT2D eigenvalue weighted by Gasteiger charge is 2.21. The second-order valence-corrected chi connectivity index (χ2v) is 6.98. The maximum atomic E-state index is 12.7. The summed E-state index contributed by atoms with van der Waals surface area (Å²) >= 11 is 0. The molecule has 1 unspecified atom stereocenters. The summed E-state index contributed by atoms with van der Waals surface area (Å²) in [6, 6.07) is 7.11. The van der Waals surface area contributed by atoms with Crippen molar-refractivity contribution in [2.24, 2.45) is 5.73 Å². The molecule has 8 nitrogen and oxygen atoms in total. The molecule has 1 heterocycles. The summed E-state index contributed by atoms with van der Waals surface area (Å²) in [6.07, 6.45) is 4.62. The molecule has 0 aliphatic carbocycles. The van der Waals surface area contributed by atoms with Crippen molar-refractivity contribution in [3.05, 3.63) is 24.3 Å². The lowest BCUT2D eigenvalue weighted by atomic mass is 10.1. The van der Waals surface area contributed by atoms with Crippen LogP contribution in [0.2, 0.25) is 0 Å². The van der Waals surface area contributed by atoms with Crippen molar-refractivity contribution in [1.82, 2.24) is 10.6 Å². The standard InChI is InChI=1S/C20H31N5O3.2ClH/c1-2-3-9-17(24-19(27)14-22-18(26)13-21)20(28)23-15-7-6-8-16(12-15)25-10-4-5-11-25;;/h6-8,12,17H,2-5,9-11,13-14,21H2,1H3,(H,22,26)(H,23,28)(H,24,27);2*1H. The molecule has 1 aromatic carbocycles. The molecule has 1 aromatic rings. The fraction of sp³-hybridized carbons (Fsp3) is 0.550. The molecule has 30 heavy (non-hydrogen) atoms. The van der Waals surface area contributed by atoms with Crippen LogP contribution < -0.4 is 26.6 Å². The van der Waals surface area contributed by atoms with Gasteiger partial charge >= 0.3 is 0 Å². The van der Waals surface area contributed by atoms with Gasteiger partial charge in [-0.05, 0) is 37.5 Å². The van der Waals surface area contributed by atoms with Crippen molar-refractivity contribution in [2.75, 3.05) is 36.4 Å². The molecule has 10 heteroatoms. The molecule has 0 bridgehead atoms. The minimum absolute atomic E-state index is 0. The summed E-state index contributed by atoms with van der Waals surface area (Å²) in [5, 5.41) is 8.02. The SMILES string of the molecule is CCCCC(NC(=O)CNC(=O)CN)C(=O)Nc1cccc(N2CCCC2)c1.Cl.Cl. The highest BCUT2D eigenvalue weighted by molar-refractivity contribution is 5.98. The zero-order valence-electron chi connectivity index (χ0n) is 17.3. The molecule has 1 saturated heterocycles. The maximum absolute atomic E-state index is 12.7. The average Bonchev–Trinajstić information content (AvgIpc) is 3.24. The Hall–Kier alpha value is -2.03. The van der Waals surface area contributed by atoms with Gasteiger partial charge in [0.05, 0.1) is 13.1 Å². The lowest BCUT2D eigenvalue weighted by Crippen LogP contribution is -2.48. The van der Waals surface area contributed by atoms with Gasteiger partial charge < -0.3 is 26.6 Å². The van der Waals surface area contributed by atoms with E-state index in [4.69, 9.17) is 5.73 Å². The lowest BCUT2D eigenvalue weighted by Gasteiger charge is -2.21. The molecule has 0 spiro atoms. The third kappa shape index (κ3) is 9.19. The number of benzene rings is 1. The van der Waals surface area contributed by atoms with Gasteiger partial charge in [0.1, 0.15) is 6.04 Å². The topological polar surface area (TPSA) is 117 Å². The molecule has 3 amide bonds. The van der Waals surface area contributed by atoms with Crippen LogP contribution in [0.15, 0.2) is 24.3 Å². The van der Waals surface area contributed by atoms with Gasteiger partial charge in [-0.1, -0.05) is 25.8 Å². The number of nitrogens with two attached hydrogens (primary N) is 1. The molecule has 2 rings (SSSR count). The second-order valence-electron chi connectivity index (χ2n) is 6.98. The molecular weight excluding hydrogens is 429 g/mol. The molecule has 1 fully saturated rings. The summed E-state index contributed by atoms with van der Waals surface area (Å²) < 4.78 is 0. The molecule has 5 N–H and O–H groups in total. The molecule has 0 saturated carbocycles. The highest BCUT2D eigenvalue weighted by atomic mass is 35.5. The number of amides is 3. The van der Waals surface area contributed by atoms with Crippen molar-refractivity contribution in [3.8, 4) is 0 Å². The monoisotopic (exact) mass is 461 g/mol. The van der Waals surface area contributed by atoms with E-state index in [9.17, 15) is 14.4 Å². The second kappa shape index (κ2) is 14.9. The van der Waals surface area contributed by atoms with Gasteiger partial charge in [-0.15, -0.1) is 24.8 Å². The normalized spacial score (nSPS) is 13.5. The number of carbonyl (C=O) groups excluding carboxylic acids is 3. The number of hydrogen-bond acceptors (Lipinski definition) is 5. The Morgan fingerprint density at radius 3 is 2.47 bits per heavy atom. The third-order valence-electron chi connectivity index (χ3n) is 4.71. The van der Waals surface area contributed by atoms with Crippen LogP contribution in [-0.4, -0.2) is 49.9 Å². The Morgan fingerprint density at radius 1 is 1.13 bits per heavy atom. The predicted molar refractivity (Wildman–Crippen MR) is 125 cm³/mol. The minimum atomic E-state index is -0.655. The summed E-state index contributed by atoms with van der Waals surface area (Å²) in [4.78, 5) is 38.3. The number of halogens is 2. The van der Waals surface area contributed by atoms with Crippen LogP contribution in [0.4, 0.5) is 11.4 Å². The first-order chi connectivity index (χ1) is 13.5. The van der Waals surface area contributed by atoms with Gasteiger partial charge in [0.15, 0.2) is 0 Å². The lowest BCUT2D eigenvalue weighted by molar-refractivity contribution is -0.128. The van der Waals surface area contributed by atoms with Crippen molar-refractivity contribution in [3.63, 3.8) is 0 Å². The van der Waals surface area contributed by atoms with E-state index >= 15 is 0 Å². The Balaban J connectivity index is 0.00000420. The third-order valence-corrected chi connectivity index (χ3v) is 4.71. The molecule has 0 aromatic heterocycles. The Labute approximate surface area is 190 Å². The minimum Gasteiger partial charge on any atom is -0.371 e. The van der Waals surface area contributed by atoms with Crippen LogP contribution in [0.1, 0.15) is 39.0 Å². The summed E-state index contributed by atoms with van der Waals surface area (Å²) in [5.74, 6) is -1.09. The van der Waals surface area contributed by atoms with Crippen LogP contribution in [0.5, 0.6) is 0 Å². The van der Waals surface area contributed by atoms with Gasteiger partial charge in [0, 0.05) is 24.5 Å². The zero-order chi connectivity index (χ0) is 20.4. The molecule has 1 atom stereocenters. The van der Waals surface area contributed by atoms with E-state index in [1.807, 2.05) is 31.2 Å². The van der Waals surface area contributed by atoms with E-state index in [0.717, 1.165) is 31.6 Å². The zero-order valence-corrected chi connectivity index (χ0v) is 18.9. The highest BCUT2D eigenvalue weighted by Crippen LogP contribution is 2.23. The number of anilines is 2. The summed E-state index contributed by atoms with van der Waals surface area (Å²) in [6.45, 7) is 3.71. The summed E-state index contributed by atoms with van der Waals surface area (Å²) in [5.41, 5.74) is 7.01. The Kier molecular flexibility index (Phi) is 13.9. The molecule has 170 valence electrons. The van der Waals surface area contributed by atoms with Crippen LogP contribution >= 0.6 is 24.8 Å². The number of rotatable bonds is 10. The van der Waals surface area contributed by atoms with Crippen molar-refractivity contribution in [2.45, 2.75) is 45.1 Å². The molecular formula is C20H33Cl2N5O3. The van der Waals surface area contributed by atoms with E-state index in [-0.39, 0.29) is 43.8 Å². The largest absolute Gasteiger partial charge is 0.371 e. The van der Waals surface area contributed by atoms with Gasteiger partial charge in [-0.2, -0.15) is 0 Å².